The van der Waals surface area contributed by atoms with Gasteiger partial charge in [-0.25, -0.2) is 0 Å². The summed E-state index contributed by atoms with van der Waals surface area (Å²) >= 11 is 0. The summed E-state index contributed by atoms with van der Waals surface area (Å²) in [4.78, 5) is 0. The number of hydrogen-bond acceptors (Lipinski definition) is 2. The fraction of sp³-hybridized carbons (Fsp3) is 0.571. The third-order valence-electron chi connectivity index (χ3n) is 3.02. The fourth-order valence-electron chi connectivity index (χ4n) is 1.81. The Hall–Kier alpha value is -0.670. The van der Waals surface area contributed by atoms with Crippen molar-refractivity contribution < 1.29 is 4.21 Å². The summed E-state index contributed by atoms with van der Waals surface area (Å²) in [6.45, 7) is 7.23. The molecule has 0 aliphatic rings. The minimum atomic E-state index is -0.759. The normalized spacial score (nSPS) is 16.8. The summed E-state index contributed by atoms with van der Waals surface area (Å²) < 4.78 is 11.3. The smallest absolute Gasteiger partial charge is 0.0441 e. The highest BCUT2D eigenvalue weighted by Gasteiger charge is 2.16. The Morgan fingerprint density at radius 1 is 1.18 bits per heavy atom. The van der Waals surface area contributed by atoms with Crippen LogP contribution in [-0.4, -0.2) is 22.3 Å². The van der Waals surface area contributed by atoms with Gasteiger partial charge in [0.25, 0.3) is 0 Å². The van der Waals surface area contributed by atoms with Gasteiger partial charge in [-0.3, -0.25) is 4.21 Å². The number of benzene rings is 1. The molecule has 3 atom stereocenters. The maximum absolute atomic E-state index is 11.3. The van der Waals surface area contributed by atoms with Crippen LogP contribution in [0.25, 0.3) is 0 Å². The van der Waals surface area contributed by atoms with Crippen molar-refractivity contribution in [1.82, 2.24) is 5.32 Å². The predicted molar refractivity (Wildman–Crippen MR) is 75.6 cm³/mol. The lowest BCUT2D eigenvalue weighted by Gasteiger charge is -2.24. The first-order chi connectivity index (χ1) is 8.02. The molecule has 0 spiro atoms. The van der Waals surface area contributed by atoms with Crippen molar-refractivity contribution >= 4 is 10.8 Å². The first-order valence-electron chi connectivity index (χ1n) is 6.13. The molecule has 0 radical (unpaired) electrons. The Morgan fingerprint density at radius 2 is 1.76 bits per heavy atom. The van der Waals surface area contributed by atoms with Crippen molar-refractivity contribution in [2.75, 3.05) is 12.8 Å². The number of nitrogens with one attached hydrogen (secondary N) is 1. The lowest BCUT2D eigenvalue weighted by molar-refractivity contribution is 0.413. The Bertz CT molecular complexity index is 350. The van der Waals surface area contributed by atoms with E-state index < -0.39 is 10.8 Å². The summed E-state index contributed by atoms with van der Waals surface area (Å²) in [7, 11) is -0.759. The second kappa shape index (κ2) is 6.92. The van der Waals surface area contributed by atoms with E-state index in [2.05, 4.69) is 43.4 Å². The predicted octanol–water partition coefficient (Wildman–Crippen LogP) is 2.74. The van der Waals surface area contributed by atoms with Crippen LogP contribution in [0, 0.1) is 5.92 Å². The minimum Gasteiger partial charge on any atom is -0.309 e. The molecule has 3 unspecified atom stereocenters. The minimum absolute atomic E-state index is 0.194. The van der Waals surface area contributed by atoms with Gasteiger partial charge in [0.05, 0.1) is 0 Å². The Kier molecular flexibility index (Phi) is 5.86. The largest absolute Gasteiger partial charge is 0.309 e. The van der Waals surface area contributed by atoms with Gasteiger partial charge in [0.1, 0.15) is 0 Å². The fourth-order valence-corrected chi connectivity index (χ4v) is 2.14. The molecular formula is C14H23NOS. The Balaban J connectivity index is 2.65. The molecule has 1 aromatic carbocycles. The molecule has 0 heterocycles. The van der Waals surface area contributed by atoms with Crippen LogP contribution >= 0.6 is 0 Å². The third kappa shape index (κ3) is 4.60. The van der Waals surface area contributed by atoms with Crippen LogP contribution in [-0.2, 0) is 10.8 Å². The molecule has 17 heavy (non-hydrogen) atoms. The van der Waals surface area contributed by atoms with Crippen LogP contribution in [0.2, 0.25) is 0 Å². The molecule has 1 N–H and O–H groups in total. The molecule has 3 heteroatoms. The lowest BCUT2D eigenvalue weighted by atomic mass is 9.96. The van der Waals surface area contributed by atoms with E-state index in [4.69, 9.17) is 0 Å². The van der Waals surface area contributed by atoms with Crippen molar-refractivity contribution in [3.8, 4) is 0 Å². The van der Waals surface area contributed by atoms with Gasteiger partial charge in [-0.15, -0.1) is 0 Å². The maximum atomic E-state index is 11.3. The topological polar surface area (TPSA) is 29.1 Å². The van der Waals surface area contributed by atoms with Gasteiger partial charge < -0.3 is 5.32 Å². The molecule has 0 fully saturated rings. The lowest BCUT2D eigenvalue weighted by Crippen LogP contribution is -2.33. The molecule has 96 valence electrons. The van der Waals surface area contributed by atoms with Crippen LogP contribution < -0.4 is 5.32 Å². The average molecular weight is 253 g/mol. The molecule has 0 saturated carbocycles. The average Bonchev–Trinajstić information content (AvgIpc) is 2.29. The highest BCUT2D eigenvalue weighted by Crippen LogP contribution is 2.21. The summed E-state index contributed by atoms with van der Waals surface area (Å²) in [5.41, 5.74) is 1.30. The van der Waals surface area contributed by atoms with Crippen molar-refractivity contribution in [1.29, 1.82) is 0 Å². The zero-order valence-electron chi connectivity index (χ0n) is 11.1. The quantitative estimate of drug-likeness (QED) is 0.844. The highest BCUT2D eigenvalue weighted by atomic mass is 32.2. The number of rotatable bonds is 6. The van der Waals surface area contributed by atoms with Crippen molar-refractivity contribution in [2.45, 2.75) is 32.1 Å². The van der Waals surface area contributed by atoms with Crippen LogP contribution in [0.4, 0.5) is 0 Å². The molecule has 1 rings (SSSR count). The van der Waals surface area contributed by atoms with E-state index in [1.807, 2.05) is 13.0 Å². The first kappa shape index (κ1) is 14.4. The van der Waals surface area contributed by atoms with E-state index in [1.165, 1.54) is 5.56 Å². The zero-order valence-corrected chi connectivity index (χ0v) is 12.0. The summed E-state index contributed by atoms with van der Waals surface area (Å²) in [5.74, 6) is 0.523. The monoisotopic (exact) mass is 253 g/mol. The van der Waals surface area contributed by atoms with E-state index in [0.29, 0.717) is 12.0 Å². The molecule has 0 amide bonds. The molecule has 1 aromatic rings. The number of hydrogen-bond donors (Lipinski definition) is 1. The highest BCUT2D eigenvalue weighted by molar-refractivity contribution is 7.84. The van der Waals surface area contributed by atoms with Crippen molar-refractivity contribution in [3.63, 3.8) is 0 Å². The summed E-state index contributed by atoms with van der Waals surface area (Å²) in [6, 6.07) is 10.8. The van der Waals surface area contributed by atoms with Gasteiger partial charge in [-0.1, -0.05) is 44.2 Å². The van der Waals surface area contributed by atoms with E-state index in [1.54, 1.807) is 6.26 Å². The molecule has 0 aliphatic heterocycles. The molecule has 0 saturated heterocycles. The van der Waals surface area contributed by atoms with Crippen LogP contribution in [0.5, 0.6) is 0 Å². The molecule has 0 aliphatic carbocycles. The van der Waals surface area contributed by atoms with Gasteiger partial charge in [0.15, 0.2) is 0 Å². The van der Waals surface area contributed by atoms with E-state index >= 15 is 0 Å². The zero-order chi connectivity index (χ0) is 12.8. The molecular weight excluding hydrogens is 230 g/mol. The maximum Gasteiger partial charge on any atom is 0.0441 e. The SMILES string of the molecule is CC(C)C(NCC(C)S(C)=O)c1ccccc1. The van der Waals surface area contributed by atoms with Crippen molar-refractivity contribution in [3.05, 3.63) is 35.9 Å². The molecule has 2 nitrogen and oxygen atoms in total. The van der Waals surface area contributed by atoms with Crippen molar-refractivity contribution in [2.24, 2.45) is 5.92 Å². The third-order valence-corrected chi connectivity index (χ3v) is 4.32. The van der Waals surface area contributed by atoms with Gasteiger partial charge in [0, 0.05) is 34.9 Å². The summed E-state index contributed by atoms with van der Waals surface area (Å²) in [6.07, 6.45) is 1.76. The Morgan fingerprint density at radius 3 is 2.24 bits per heavy atom. The standard InChI is InChI=1S/C14H23NOS/c1-11(2)14(13-8-6-5-7-9-13)15-10-12(3)17(4)16/h5-9,11-12,14-15H,10H2,1-4H3. The van der Waals surface area contributed by atoms with Crippen LogP contribution in [0.1, 0.15) is 32.4 Å². The molecule has 0 aromatic heterocycles. The molecule has 0 bridgehead atoms. The second-order valence-electron chi connectivity index (χ2n) is 4.85. The Labute approximate surface area is 107 Å². The first-order valence-corrected chi connectivity index (χ1v) is 7.75. The van der Waals surface area contributed by atoms with Gasteiger partial charge >= 0.3 is 0 Å². The van der Waals surface area contributed by atoms with Gasteiger partial charge in [-0.2, -0.15) is 0 Å². The van der Waals surface area contributed by atoms with Crippen LogP contribution in [0.3, 0.4) is 0 Å². The summed E-state index contributed by atoms with van der Waals surface area (Å²) in [5, 5.41) is 3.72. The van der Waals surface area contributed by atoms with E-state index in [9.17, 15) is 4.21 Å². The second-order valence-corrected chi connectivity index (χ2v) is 6.65. The van der Waals surface area contributed by atoms with E-state index in [0.717, 1.165) is 6.54 Å². The van der Waals surface area contributed by atoms with E-state index in [-0.39, 0.29) is 5.25 Å². The van der Waals surface area contributed by atoms with Crippen LogP contribution in [0.15, 0.2) is 30.3 Å². The van der Waals surface area contributed by atoms with Gasteiger partial charge in [0.2, 0.25) is 0 Å². The van der Waals surface area contributed by atoms with Gasteiger partial charge in [-0.05, 0) is 18.4 Å².